The molecule has 2 aliphatic rings. The zero-order valence-electron chi connectivity index (χ0n) is 14.2. The Labute approximate surface area is 156 Å². The summed E-state index contributed by atoms with van der Waals surface area (Å²) in [5.41, 5.74) is 0. The van der Waals surface area contributed by atoms with Crippen LogP contribution in [0.4, 0.5) is 8.78 Å². The van der Waals surface area contributed by atoms with Gasteiger partial charge in [-0.1, -0.05) is 12.1 Å². The number of nitrogens with zero attached hydrogens (tertiary/aromatic N) is 2. The minimum Gasteiger partial charge on any atom is -0.433 e. The second-order valence-corrected chi connectivity index (χ2v) is 10.5. The van der Waals surface area contributed by atoms with Crippen LogP contribution in [0.2, 0.25) is 0 Å². The van der Waals surface area contributed by atoms with E-state index in [2.05, 4.69) is 4.74 Å². The van der Waals surface area contributed by atoms with Gasteiger partial charge >= 0.3 is 6.61 Å². The molecule has 0 amide bonds. The number of halogens is 2. The van der Waals surface area contributed by atoms with Crippen LogP contribution < -0.4 is 4.74 Å². The molecule has 152 valence electrons. The Hall–Kier alpha value is -1.34. The molecule has 0 bridgehead atoms. The van der Waals surface area contributed by atoms with Crippen molar-refractivity contribution < 1.29 is 35.5 Å². The highest BCUT2D eigenvalue weighted by molar-refractivity contribution is 7.91. The number of benzene rings is 1. The fourth-order valence-electron chi connectivity index (χ4n) is 3.43. The van der Waals surface area contributed by atoms with E-state index in [0.29, 0.717) is 0 Å². The van der Waals surface area contributed by atoms with Gasteiger partial charge in [0.2, 0.25) is 10.0 Å². The second-order valence-electron chi connectivity index (χ2n) is 6.48. The average Bonchev–Trinajstić information content (AvgIpc) is 2.87. The normalized spacial score (nSPS) is 27.1. The Morgan fingerprint density at radius 3 is 2.30 bits per heavy atom. The van der Waals surface area contributed by atoms with Crippen molar-refractivity contribution >= 4 is 19.9 Å². The first-order valence-corrected chi connectivity index (χ1v) is 11.5. The molecule has 1 aromatic rings. The summed E-state index contributed by atoms with van der Waals surface area (Å²) in [5.74, 6) is -0.882. The zero-order valence-corrected chi connectivity index (χ0v) is 15.9. The lowest BCUT2D eigenvalue weighted by molar-refractivity contribution is -0.0518. The van der Waals surface area contributed by atoms with E-state index >= 15 is 0 Å². The maximum absolute atomic E-state index is 12.8. The van der Waals surface area contributed by atoms with E-state index < -0.39 is 44.4 Å². The number of sulfone groups is 1. The van der Waals surface area contributed by atoms with Crippen LogP contribution >= 0.6 is 0 Å². The number of aliphatic hydroxyl groups is 1. The standard InChI is InChI=1S/C15H20F2N2O6S2/c16-15(17)25-13-3-1-2-4-14(13)27(23,24)19-7-5-18(6-8-19)11-9-26(21,22)10-12(11)20/h1-4,11-12,15,20H,5-10H2/t11-,12+/m0/s1. The number of aliphatic hydroxyl groups excluding tert-OH is 1. The molecule has 0 spiro atoms. The zero-order chi connectivity index (χ0) is 19.8. The number of piperazine rings is 1. The van der Waals surface area contributed by atoms with Crippen LogP contribution in [0.15, 0.2) is 29.2 Å². The molecule has 0 saturated carbocycles. The van der Waals surface area contributed by atoms with Crippen LogP contribution in [-0.4, -0.2) is 87.6 Å². The van der Waals surface area contributed by atoms with Crippen LogP contribution in [0.5, 0.6) is 5.75 Å². The molecule has 0 unspecified atom stereocenters. The molecule has 8 nitrogen and oxygen atoms in total. The van der Waals surface area contributed by atoms with Crippen LogP contribution in [-0.2, 0) is 19.9 Å². The van der Waals surface area contributed by atoms with Crippen molar-refractivity contribution in [2.24, 2.45) is 0 Å². The Kier molecular flexibility index (Phi) is 5.73. The minimum absolute atomic E-state index is 0.0502. The number of rotatable bonds is 5. The molecular formula is C15H20F2N2O6S2. The number of alkyl halides is 2. The van der Waals surface area contributed by atoms with Gasteiger partial charge in [-0.05, 0) is 12.1 Å². The van der Waals surface area contributed by atoms with Gasteiger partial charge in [0.1, 0.15) is 10.6 Å². The smallest absolute Gasteiger partial charge is 0.387 e. The van der Waals surface area contributed by atoms with E-state index in [9.17, 15) is 30.7 Å². The van der Waals surface area contributed by atoms with E-state index in [0.717, 1.165) is 10.4 Å². The summed E-state index contributed by atoms with van der Waals surface area (Å²) in [6, 6.07) is 4.62. The maximum atomic E-state index is 12.8. The van der Waals surface area contributed by atoms with Gasteiger partial charge in [0.25, 0.3) is 0 Å². The number of sulfonamides is 1. The third kappa shape index (κ3) is 4.40. The molecule has 0 aromatic heterocycles. The third-order valence-electron chi connectivity index (χ3n) is 4.72. The van der Waals surface area contributed by atoms with Crippen molar-refractivity contribution in [1.82, 2.24) is 9.21 Å². The molecule has 2 saturated heterocycles. The van der Waals surface area contributed by atoms with Crippen LogP contribution in [0.1, 0.15) is 0 Å². The number of hydrogen-bond donors (Lipinski definition) is 1. The highest BCUT2D eigenvalue weighted by Gasteiger charge is 2.42. The summed E-state index contributed by atoms with van der Waals surface area (Å²) in [6.45, 7) is -2.59. The third-order valence-corrected chi connectivity index (χ3v) is 8.36. The van der Waals surface area contributed by atoms with Gasteiger partial charge in [0.15, 0.2) is 9.84 Å². The fraction of sp³-hybridized carbons (Fsp3) is 0.600. The van der Waals surface area contributed by atoms with Gasteiger partial charge in [0, 0.05) is 26.2 Å². The highest BCUT2D eigenvalue weighted by atomic mass is 32.2. The summed E-state index contributed by atoms with van der Waals surface area (Å²) in [7, 11) is -7.36. The van der Waals surface area contributed by atoms with E-state index in [1.807, 2.05) is 0 Å². The molecule has 2 aliphatic heterocycles. The predicted octanol–water partition coefficient (Wildman–Crippen LogP) is -0.248. The largest absolute Gasteiger partial charge is 0.433 e. The Balaban J connectivity index is 1.72. The molecule has 1 aromatic carbocycles. The van der Waals surface area contributed by atoms with Crippen LogP contribution in [0, 0.1) is 0 Å². The summed E-state index contributed by atoms with van der Waals surface area (Å²) >= 11 is 0. The van der Waals surface area contributed by atoms with E-state index in [1.54, 1.807) is 4.90 Å². The van der Waals surface area contributed by atoms with Crippen molar-refractivity contribution in [3.63, 3.8) is 0 Å². The first kappa shape index (κ1) is 20.4. The molecule has 3 rings (SSSR count). The summed E-state index contributed by atoms with van der Waals surface area (Å²) in [6.07, 6.45) is -1.00. The lowest BCUT2D eigenvalue weighted by Crippen LogP contribution is -2.54. The average molecular weight is 426 g/mol. The molecule has 12 heteroatoms. The van der Waals surface area contributed by atoms with Gasteiger partial charge in [-0.15, -0.1) is 0 Å². The molecule has 1 N–H and O–H groups in total. The lowest BCUT2D eigenvalue weighted by atomic mass is 10.1. The predicted molar refractivity (Wildman–Crippen MR) is 91.9 cm³/mol. The minimum atomic E-state index is -4.05. The molecule has 0 aliphatic carbocycles. The summed E-state index contributed by atoms with van der Waals surface area (Å²) < 4.78 is 79.5. The lowest BCUT2D eigenvalue weighted by Gasteiger charge is -2.38. The first-order chi connectivity index (χ1) is 12.6. The SMILES string of the molecule is O=S1(=O)C[C@@H](O)[C@@H](N2CCN(S(=O)(=O)c3ccccc3OC(F)F)CC2)C1. The topological polar surface area (TPSA) is 104 Å². The molecule has 0 radical (unpaired) electrons. The van der Waals surface area contributed by atoms with Crippen LogP contribution in [0.25, 0.3) is 0 Å². The van der Waals surface area contributed by atoms with Crippen molar-refractivity contribution in [1.29, 1.82) is 0 Å². The van der Waals surface area contributed by atoms with Crippen molar-refractivity contribution in [2.75, 3.05) is 37.7 Å². The number of ether oxygens (including phenoxy) is 1. The van der Waals surface area contributed by atoms with Crippen molar-refractivity contribution in [2.45, 2.75) is 23.7 Å². The number of hydrogen-bond acceptors (Lipinski definition) is 7. The Bertz CT molecular complexity index is 885. The van der Waals surface area contributed by atoms with Gasteiger partial charge in [-0.3, -0.25) is 4.90 Å². The maximum Gasteiger partial charge on any atom is 0.387 e. The Morgan fingerprint density at radius 2 is 1.74 bits per heavy atom. The molecule has 2 heterocycles. The molecule has 2 fully saturated rings. The number of para-hydroxylation sites is 1. The van der Waals surface area contributed by atoms with Crippen LogP contribution in [0.3, 0.4) is 0 Å². The van der Waals surface area contributed by atoms with E-state index in [1.165, 1.54) is 18.2 Å². The fourth-order valence-corrected chi connectivity index (χ4v) is 6.81. The summed E-state index contributed by atoms with van der Waals surface area (Å²) in [4.78, 5) is 1.41. The quantitative estimate of drug-likeness (QED) is 0.693. The molecule has 2 atom stereocenters. The Morgan fingerprint density at radius 1 is 1.11 bits per heavy atom. The van der Waals surface area contributed by atoms with E-state index in [4.69, 9.17) is 0 Å². The molecular weight excluding hydrogens is 406 g/mol. The highest BCUT2D eigenvalue weighted by Crippen LogP contribution is 2.29. The monoisotopic (exact) mass is 426 g/mol. The van der Waals surface area contributed by atoms with Gasteiger partial charge in [0.05, 0.1) is 23.7 Å². The van der Waals surface area contributed by atoms with E-state index in [-0.39, 0.29) is 42.6 Å². The first-order valence-electron chi connectivity index (χ1n) is 8.27. The summed E-state index contributed by atoms with van der Waals surface area (Å²) in [5, 5.41) is 9.96. The van der Waals surface area contributed by atoms with Gasteiger partial charge in [-0.2, -0.15) is 13.1 Å². The second kappa shape index (κ2) is 7.59. The van der Waals surface area contributed by atoms with Crippen molar-refractivity contribution in [3.8, 4) is 5.75 Å². The van der Waals surface area contributed by atoms with Crippen molar-refractivity contribution in [3.05, 3.63) is 24.3 Å². The molecule has 27 heavy (non-hydrogen) atoms. The van der Waals surface area contributed by atoms with Gasteiger partial charge in [-0.25, -0.2) is 16.8 Å². The van der Waals surface area contributed by atoms with Gasteiger partial charge < -0.3 is 9.84 Å².